The second-order valence-corrected chi connectivity index (χ2v) is 5.38. The van der Waals surface area contributed by atoms with E-state index in [0.29, 0.717) is 31.1 Å². The molecule has 0 unspecified atom stereocenters. The second-order valence-electron chi connectivity index (χ2n) is 5.38. The Hall–Kier alpha value is -2.61. The van der Waals surface area contributed by atoms with Crippen LogP contribution in [-0.2, 0) is 19.1 Å². The van der Waals surface area contributed by atoms with Gasteiger partial charge in [0.05, 0.1) is 31.2 Å². The predicted octanol–water partition coefficient (Wildman–Crippen LogP) is 0.590. The number of rotatable bonds is 3. The monoisotopic (exact) mass is 333 g/mol. The van der Waals surface area contributed by atoms with Gasteiger partial charge in [-0.15, -0.1) is 0 Å². The zero-order valence-electron chi connectivity index (χ0n) is 13.4. The van der Waals surface area contributed by atoms with Crippen molar-refractivity contribution >= 4 is 17.6 Å². The Morgan fingerprint density at radius 2 is 2.04 bits per heavy atom. The summed E-state index contributed by atoms with van der Waals surface area (Å²) in [6.45, 7) is 3.77. The molecule has 1 aromatic rings. The van der Waals surface area contributed by atoms with Crippen molar-refractivity contribution in [3.63, 3.8) is 0 Å². The summed E-state index contributed by atoms with van der Waals surface area (Å²) in [4.78, 5) is 29.7. The number of esters is 2. The van der Waals surface area contributed by atoms with E-state index in [2.05, 4.69) is 10.3 Å². The van der Waals surface area contributed by atoms with Crippen LogP contribution in [0.25, 0.3) is 0 Å². The van der Waals surface area contributed by atoms with Crippen LogP contribution in [0.5, 0.6) is 5.75 Å². The Labute approximate surface area is 139 Å². The first kappa shape index (κ1) is 16.3. The molecule has 3 rings (SSSR count). The average Bonchev–Trinajstić information content (AvgIpc) is 2.84. The van der Waals surface area contributed by atoms with Crippen LogP contribution in [0.3, 0.4) is 0 Å². The van der Waals surface area contributed by atoms with E-state index in [-0.39, 0.29) is 6.54 Å². The van der Waals surface area contributed by atoms with Crippen LogP contribution in [0, 0.1) is 0 Å². The number of carbonyl (C=O) groups is 2. The molecule has 0 amide bonds. The summed E-state index contributed by atoms with van der Waals surface area (Å²) < 4.78 is 16.4. The van der Waals surface area contributed by atoms with Gasteiger partial charge in [0.15, 0.2) is 0 Å². The van der Waals surface area contributed by atoms with Gasteiger partial charge in [0, 0.05) is 24.8 Å². The molecule has 0 aliphatic carbocycles. The second kappa shape index (κ2) is 6.88. The first-order valence-corrected chi connectivity index (χ1v) is 7.83. The molecule has 0 saturated carbocycles. The molecule has 1 spiro atoms. The summed E-state index contributed by atoms with van der Waals surface area (Å²) in [5.41, 5.74) is 0.646. The highest BCUT2D eigenvalue weighted by atomic mass is 16.8. The fourth-order valence-electron chi connectivity index (χ4n) is 2.72. The van der Waals surface area contributed by atoms with Crippen LogP contribution in [0.1, 0.15) is 13.3 Å². The number of nitrogens with zero attached hydrogens (tertiary/aromatic N) is 2. The summed E-state index contributed by atoms with van der Waals surface area (Å²) >= 11 is 0. The summed E-state index contributed by atoms with van der Waals surface area (Å²) in [6.07, 6.45) is 6.13. The maximum atomic E-state index is 11.9. The Morgan fingerprint density at radius 1 is 1.29 bits per heavy atom. The van der Waals surface area contributed by atoms with Gasteiger partial charge in [0.1, 0.15) is 5.75 Å². The first-order valence-electron chi connectivity index (χ1n) is 7.83. The molecule has 128 valence electrons. The third kappa shape index (κ3) is 3.33. The summed E-state index contributed by atoms with van der Waals surface area (Å²) in [7, 11) is 0. The Kier molecular flexibility index (Phi) is 4.66. The van der Waals surface area contributed by atoms with Crippen LogP contribution >= 0.6 is 0 Å². The lowest BCUT2D eigenvalue weighted by molar-refractivity contribution is -0.217. The summed E-state index contributed by atoms with van der Waals surface area (Å²) in [5, 5.41) is 3.14. The van der Waals surface area contributed by atoms with Gasteiger partial charge >= 0.3 is 17.8 Å². The zero-order valence-corrected chi connectivity index (χ0v) is 13.4. The van der Waals surface area contributed by atoms with Crippen LogP contribution in [0.4, 0.5) is 5.69 Å². The quantitative estimate of drug-likeness (QED) is 0.804. The third-order valence-corrected chi connectivity index (χ3v) is 3.69. The highest BCUT2D eigenvalue weighted by molar-refractivity contribution is 5.93. The van der Waals surface area contributed by atoms with Gasteiger partial charge in [-0.2, -0.15) is 0 Å². The normalized spacial score (nSPS) is 20.1. The molecule has 24 heavy (non-hydrogen) atoms. The van der Waals surface area contributed by atoms with Gasteiger partial charge in [0.25, 0.3) is 0 Å². The lowest BCUT2D eigenvalue weighted by Crippen LogP contribution is -2.58. The van der Waals surface area contributed by atoms with E-state index in [1.165, 1.54) is 0 Å². The average molecular weight is 333 g/mol. The molecule has 8 nitrogen and oxygen atoms in total. The minimum Gasteiger partial charge on any atom is -0.492 e. The van der Waals surface area contributed by atoms with E-state index in [1.54, 1.807) is 23.4 Å². The molecule has 8 heteroatoms. The topological polar surface area (TPSA) is 90.0 Å². The van der Waals surface area contributed by atoms with Crippen molar-refractivity contribution in [2.45, 2.75) is 19.3 Å². The molecule has 0 bridgehead atoms. The first-order chi connectivity index (χ1) is 11.6. The molecular formula is C16H19N3O5. The maximum Gasteiger partial charge on any atom is 0.356 e. The van der Waals surface area contributed by atoms with Gasteiger partial charge < -0.3 is 19.5 Å². The van der Waals surface area contributed by atoms with E-state index in [4.69, 9.17) is 14.2 Å². The van der Waals surface area contributed by atoms with Crippen molar-refractivity contribution in [2.24, 2.45) is 0 Å². The lowest BCUT2D eigenvalue weighted by atomic mass is 10.2. The van der Waals surface area contributed by atoms with Gasteiger partial charge in [-0.25, -0.2) is 9.59 Å². The van der Waals surface area contributed by atoms with Gasteiger partial charge in [-0.1, -0.05) is 0 Å². The van der Waals surface area contributed by atoms with E-state index in [9.17, 15) is 9.59 Å². The van der Waals surface area contributed by atoms with Crippen molar-refractivity contribution in [3.8, 4) is 5.75 Å². The number of ether oxygens (including phenoxy) is 3. The van der Waals surface area contributed by atoms with Gasteiger partial charge in [-0.3, -0.25) is 9.88 Å². The number of pyridine rings is 1. The van der Waals surface area contributed by atoms with Crippen molar-refractivity contribution < 1.29 is 23.8 Å². The molecule has 1 fully saturated rings. The van der Waals surface area contributed by atoms with E-state index in [1.807, 2.05) is 6.92 Å². The van der Waals surface area contributed by atoms with Gasteiger partial charge in [-0.05, 0) is 19.9 Å². The smallest absolute Gasteiger partial charge is 0.356 e. The Morgan fingerprint density at radius 3 is 2.75 bits per heavy atom. The van der Waals surface area contributed by atoms with Crippen molar-refractivity contribution in [1.29, 1.82) is 0 Å². The van der Waals surface area contributed by atoms with E-state index in [0.717, 1.165) is 18.6 Å². The molecule has 0 radical (unpaired) electrons. The third-order valence-electron chi connectivity index (χ3n) is 3.69. The Bertz CT molecular complexity index is 641. The molecule has 2 aliphatic heterocycles. The minimum atomic E-state index is -1.55. The van der Waals surface area contributed by atoms with E-state index >= 15 is 0 Å². The lowest BCUT2D eigenvalue weighted by Gasteiger charge is -2.40. The molecule has 2 aliphatic rings. The summed E-state index contributed by atoms with van der Waals surface area (Å²) in [6, 6.07) is 1.78. The molecule has 1 N–H and O–H groups in total. The maximum absolute atomic E-state index is 11.9. The van der Waals surface area contributed by atoms with Crippen LogP contribution in [-0.4, -0.2) is 49.1 Å². The largest absolute Gasteiger partial charge is 0.492 e. The van der Waals surface area contributed by atoms with Gasteiger partial charge in [0.2, 0.25) is 0 Å². The number of hydrogen-bond donors (Lipinski definition) is 1. The highest BCUT2D eigenvalue weighted by Gasteiger charge is 2.47. The minimum absolute atomic E-state index is 0.158. The van der Waals surface area contributed by atoms with Crippen LogP contribution < -0.4 is 15.0 Å². The number of nitrogens with one attached hydrogen (secondary N) is 1. The Balaban J connectivity index is 2.00. The number of anilines is 1. The van der Waals surface area contributed by atoms with Crippen molar-refractivity contribution in [1.82, 2.24) is 10.3 Å². The molecular weight excluding hydrogens is 314 g/mol. The molecule has 0 aromatic carbocycles. The highest BCUT2D eigenvalue weighted by Crippen LogP contribution is 2.31. The fraction of sp³-hybridized carbons (Fsp3) is 0.438. The zero-order chi connectivity index (χ0) is 17.0. The predicted molar refractivity (Wildman–Crippen MR) is 84.3 cm³/mol. The van der Waals surface area contributed by atoms with Crippen molar-refractivity contribution in [2.75, 3.05) is 31.1 Å². The van der Waals surface area contributed by atoms with Crippen LogP contribution in [0.15, 0.2) is 30.6 Å². The standard InChI is InChI=1S/C16H19N3O5/c1-2-22-13-8-12(9-18-10-13)19-7-3-6-17-11-16(19)23-14(20)4-5-15(21)24-16/h4-5,8-10,17H,2-3,6-7,11H2,1H3. The SMILES string of the molecule is CCOc1cncc(N2CCCNCC23OC(=O)C=CC(=O)O3)c1. The molecule has 1 saturated heterocycles. The van der Waals surface area contributed by atoms with Crippen LogP contribution in [0.2, 0.25) is 0 Å². The number of carbonyl (C=O) groups excluding carboxylic acids is 2. The van der Waals surface area contributed by atoms with Crippen molar-refractivity contribution in [3.05, 3.63) is 30.6 Å². The number of aromatic nitrogens is 1. The summed E-state index contributed by atoms with van der Waals surface area (Å²) in [5.74, 6) is -2.24. The number of hydrogen-bond acceptors (Lipinski definition) is 8. The molecule has 1 aromatic heterocycles. The molecule has 3 heterocycles. The van der Waals surface area contributed by atoms with E-state index < -0.39 is 17.8 Å². The fourth-order valence-corrected chi connectivity index (χ4v) is 2.72. The molecule has 0 atom stereocenters.